The van der Waals surface area contributed by atoms with Crippen LogP contribution in [0, 0.1) is 11.8 Å². The molecule has 0 bridgehead atoms. The number of amides is 2. The zero-order chi connectivity index (χ0) is 20.7. The number of H-pyrrole nitrogens is 1. The van der Waals surface area contributed by atoms with Gasteiger partial charge in [0.05, 0.1) is 16.2 Å². The van der Waals surface area contributed by atoms with E-state index in [9.17, 15) is 4.79 Å². The van der Waals surface area contributed by atoms with E-state index in [1.165, 1.54) is 17.5 Å². The van der Waals surface area contributed by atoms with Gasteiger partial charge in [-0.1, -0.05) is 36.0 Å². The van der Waals surface area contributed by atoms with E-state index in [1.807, 2.05) is 0 Å². The molecule has 8 heteroatoms. The highest BCUT2D eigenvalue weighted by atomic mass is 35.5. The highest BCUT2D eigenvalue weighted by Gasteiger charge is 2.42. The van der Waals surface area contributed by atoms with Crippen molar-refractivity contribution in [2.24, 2.45) is 11.8 Å². The molecule has 0 spiro atoms. The Kier molecular flexibility index (Phi) is 5.65. The van der Waals surface area contributed by atoms with Crippen LogP contribution >= 0.6 is 23.2 Å². The Bertz CT molecular complexity index is 880. The van der Waals surface area contributed by atoms with E-state index in [0.717, 1.165) is 45.2 Å². The second-order valence-corrected chi connectivity index (χ2v) is 9.76. The van der Waals surface area contributed by atoms with Crippen LogP contribution in [-0.4, -0.2) is 46.3 Å². The molecule has 3 N–H and O–H groups in total. The third kappa shape index (κ3) is 4.05. The van der Waals surface area contributed by atoms with Gasteiger partial charge in [-0.05, 0) is 60.8 Å². The minimum absolute atomic E-state index is 0.163. The summed E-state index contributed by atoms with van der Waals surface area (Å²) in [5.74, 6) is 1.91. The van der Waals surface area contributed by atoms with Gasteiger partial charge in [-0.25, -0.2) is 4.79 Å². The van der Waals surface area contributed by atoms with E-state index < -0.39 is 0 Å². The Balaban J connectivity index is 1.25. The number of fused-ring (bicyclic) bond motifs is 2. The maximum atomic E-state index is 12.5. The lowest BCUT2D eigenvalue weighted by Gasteiger charge is -2.38. The quantitative estimate of drug-likeness (QED) is 0.648. The summed E-state index contributed by atoms with van der Waals surface area (Å²) in [6, 6.07) is 6.27. The van der Waals surface area contributed by atoms with Crippen LogP contribution in [0.25, 0.3) is 0 Å². The molecule has 2 fully saturated rings. The molecule has 3 aliphatic rings. The number of rotatable bonds is 3. The molecule has 1 aliphatic heterocycles. The van der Waals surface area contributed by atoms with E-state index in [-0.39, 0.29) is 12.1 Å². The molecule has 1 saturated carbocycles. The van der Waals surface area contributed by atoms with Crippen LogP contribution in [0.1, 0.15) is 36.8 Å². The monoisotopic (exact) mass is 447 g/mol. The molecule has 5 rings (SSSR count). The fraction of sp³-hybridized carbons (Fsp3) is 0.545. The molecule has 1 aromatic heterocycles. The maximum absolute atomic E-state index is 12.5. The van der Waals surface area contributed by atoms with E-state index >= 15 is 0 Å². The second kappa shape index (κ2) is 8.40. The molecule has 2 amide bonds. The van der Waals surface area contributed by atoms with Crippen molar-refractivity contribution in [1.82, 2.24) is 20.4 Å². The first-order chi connectivity index (χ1) is 14.6. The van der Waals surface area contributed by atoms with Crippen molar-refractivity contribution in [3.8, 4) is 0 Å². The van der Waals surface area contributed by atoms with Crippen molar-refractivity contribution in [1.29, 1.82) is 0 Å². The van der Waals surface area contributed by atoms with E-state index in [4.69, 9.17) is 23.2 Å². The summed E-state index contributed by atoms with van der Waals surface area (Å²) in [5, 5.41) is 14.0. The molecular formula is C22H27Cl2N5O. The number of carbonyl (C=O) groups excluding carboxylic acids is 1. The van der Waals surface area contributed by atoms with Crippen LogP contribution in [-0.2, 0) is 12.8 Å². The molecule has 1 saturated heterocycles. The summed E-state index contributed by atoms with van der Waals surface area (Å²) >= 11 is 12.5. The van der Waals surface area contributed by atoms with Gasteiger partial charge in [0.2, 0.25) is 0 Å². The van der Waals surface area contributed by atoms with Crippen molar-refractivity contribution in [2.45, 2.75) is 50.6 Å². The predicted octanol–water partition coefficient (Wildman–Crippen LogP) is 4.50. The molecule has 30 heavy (non-hydrogen) atoms. The number of aromatic nitrogens is 2. The molecule has 1 aromatic carbocycles. The zero-order valence-electron chi connectivity index (χ0n) is 16.8. The van der Waals surface area contributed by atoms with Gasteiger partial charge in [0.15, 0.2) is 0 Å². The van der Waals surface area contributed by atoms with E-state index in [2.05, 4.69) is 37.9 Å². The molecule has 4 atom stereocenters. The van der Waals surface area contributed by atoms with Gasteiger partial charge in [-0.2, -0.15) is 5.10 Å². The number of halogens is 2. The van der Waals surface area contributed by atoms with Gasteiger partial charge in [0.25, 0.3) is 0 Å². The number of benzene rings is 1. The van der Waals surface area contributed by atoms with Crippen molar-refractivity contribution in [2.75, 3.05) is 18.4 Å². The molecule has 160 valence electrons. The fourth-order valence-electron chi connectivity index (χ4n) is 5.65. The summed E-state index contributed by atoms with van der Waals surface area (Å²) in [6.45, 7) is 2.19. The standard InChI is InChI=1S/C22H27Cl2N5O/c23-17-9-13-7-15-11-29(12-16(15)8-14(13)10-18(17)24)20-4-2-1-3-19(20)26-22(30)27-21-5-6-25-28-21/h5-6,9-10,15-16,19-20H,1-4,7-8,11-12H2,(H3,25,26,27,28,30). The number of carbonyl (C=O) groups is 1. The lowest BCUT2D eigenvalue weighted by molar-refractivity contribution is 0.145. The number of nitrogens with zero attached hydrogens (tertiary/aromatic N) is 2. The van der Waals surface area contributed by atoms with Crippen molar-refractivity contribution >= 4 is 35.1 Å². The van der Waals surface area contributed by atoms with Crippen LogP contribution in [0.3, 0.4) is 0 Å². The van der Waals surface area contributed by atoms with Gasteiger partial charge < -0.3 is 5.32 Å². The first kappa shape index (κ1) is 20.2. The second-order valence-electron chi connectivity index (χ2n) is 8.94. The summed E-state index contributed by atoms with van der Waals surface area (Å²) in [5.41, 5.74) is 2.70. The Morgan fingerprint density at radius 2 is 1.73 bits per heavy atom. The number of likely N-dealkylation sites (tertiary alicyclic amines) is 1. The first-order valence-electron chi connectivity index (χ1n) is 10.8. The smallest absolute Gasteiger partial charge is 0.320 e. The van der Waals surface area contributed by atoms with Crippen molar-refractivity contribution < 1.29 is 4.79 Å². The average Bonchev–Trinajstić information content (AvgIpc) is 3.37. The molecular weight excluding hydrogens is 421 g/mol. The topological polar surface area (TPSA) is 73.0 Å². The SMILES string of the molecule is O=C(Nc1ccn[nH]1)NC1CCCCC1N1CC2Cc3cc(Cl)c(Cl)cc3CC2C1. The molecule has 2 heterocycles. The highest BCUT2D eigenvalue weighted by Crippen LogP contribution is 2.40. The van der Waals surface area contributed by atoms with Gasteiger partial charge in [-0.3, -0.25) is 15.3 Å². The van der Waals surface area contributed by atoms with E-state index in [0.29, 0.717) is 33.7 Å². The highest BCUT2D eigenvalue weighted by molar-refractivity contribution is 6.42. The van der Waals surface area contributed by atoms with Gasteiger partial charge in [0, 0.05) is 31.2 Å². The number of nitrogens with one attached hydrogen (secondary N) is 3. The summed E-state index contributed by atoms with van der Waals surface area (Å²) in [4.78, 5) is 15.1. The van der Waals surface area contributed by atoms with E-state index in [1.54, 1.807) is 12.3 Å². The van der Waals surface area contributed by atoms with Gasteiger partial charge in [0.1, 0.15) is 5.82 Å². The fourth-order valence-corrected chi connectivity index (χ4v) is 6.02. The van der Waals surface area contributed by atoms with Gasteiger partial charge in [-0.15, -0.1) is 0 Å². The Hall–Kier alpha value is -1.76. The molecule has 6 nitrogen and oxygen atoms in total. The van der Waals surface area contributed by atoms with Crippen LogP contribution < -0.4 is 10.6 Å². The Morgan fingerprint density at radius 3 is 2.37 bits per heavy atom. The van der Waals surface area contributed by atoms with Crippen LogP contribution in [0.2, 0.25) is 10.0 Å². The third-order valence-electron chi connectivity index (χ3n) is 7.08. The largest absolute Gasteiger partial charge is 0.334 e. The lowest BCUT2D eigenvalue weighted by Crippen LogP contribution is -2.53. The molecule has 2 aromatic rings. The van der Waals surface area contributed by atoms with Crippen molar-refractivity contribution in [3.05, 3.63) is 45.6 Å². The lowest BCUT2D eigenvalue weighted by atomic mass is 9.78. The van der Waals surface area contributed by atoms with Crippen molar-refractivity contribution in [3.63, 3.8) is 0 Å². The van der Waals surface area contributed by atoms with Crippen LogP contribution in [0.4, 0.5) is 10.6 Å². The number of aromatic amines is 1. The Labute approximate surface area is 186 Å². The minimum atomic E-state index is -0.163. The molecule has 2 aliphatic carbocycles. The van der Waals surface area contributed by atoms with Crippen LogP contribution in [0.5, 0.6) is 0 Å². The normalized spacial score (nSPS) is 28.6. The van der Waals surface area contributed by atoms with Crippen LogP contribution in [0.15, 0.2) is 24.4 Å². The minimum Gasteiger partial charge on any atom is -0.334 e. The average molecular weight is 448 g/mol. The van der Waals surface area contributed by atoms with Gasteiger partial charge >= 0.3 is 6.03 Å². The Morgan fingerprint density at radius 1 is 1.07 bits per heavy atom. The molecule has 0 radical (unpaired) electrons. The predicted molar refractivity (Wildman–Crippen MR) is 119 cm³/mol. The number of urea groups is 1. The number of hydrogen-bond donors (Lipinski definition) is 3. The number of hydrogen-bond acceptors (Lipinski definition) is 3. The summed E-state index contributed by atoms with van der Waals surface area (Å²) in [6.07, 6.45) is 8.31. The molecule has 4 unspecified atom stereocenters. The first-order valence-corrected chi connectivity index (χ1v) is 11.6. The maximum Gasteiger partial charge on any atom is 0.320 e. The summed E-state index contributed by atoms with van der Waals surface area (Å²) in [7, 11) is 0. The summed E-state index contributed by atoms with van der Waals surface area (Å²) < 4.78 is 0. The third-order valence-corrected chi connectivity index (χ3v) is 7.80. The zero-order valence-corrected chi connectivity index (χ0v) is 18.3. The number of anilines is 1.